The van der Waals surface area contributed by atoms with Crippen molar-refractivity contribution in [3.63, 3.8) is 0 Å². The van der Waals surface area contributed by atoms with Crippen LogP contribution in [-0.2, 0) is 4.79 Å². The number of anilines is 1. The molecule has 2 atom stereocenters. The number of aromatic nitrogens is 1. The topological polar surface area (TPSA) is 62.7 Å². The Balaban J connectivity index is 1.99. The Bertz CT molecular complexity index is 810. The van der Waals surface area contributed by atoms with Crippen molar-refractivity contribution in [1.29, 1.82) is 0 Å². The average Bonchev–Trinajstić information content (AvgIpc) is 3.05. The molecule has 1 N–H and O–H groups in total. The fourth-order valence-corrected chi connectivity index (χ4v) is 3.32. The van der Waals surface area contributed by atoms with Crippen LogP contribution < -0.4 is 9.64 Å². The summed E-state index contributed by atoms with van der Waals surface area (Å²) < 4.78 is 45.4. The van der Waals surface area contributed by atoms with Gasteiger partial charge in [-0.3, -0.25) is 9.78 Å². The predicted molar refractivity (Wildman–Crippen MR) is 90.4 cm³/mol. The van der Waals surface area contributed by atoms with E-state index in [9.17, 15) is 23.1 Å². The molecule has 0 radical (unpaired) electrons. The lowest BCUT2D eigenvalue weighted by molar-refractivity contribution is -0.187. The van der Waals surface area contributed by atoms with Crippen LogP contribution in [0.3, 0.4) is 0 Å². The maximum atomic E-state index is 13.3. The first-order chi connectivity index (χ1) is 12.3. The van der Waals surface area contributed by atoms with Crippen LogP contribution >= 0.6 is 0 Å². The SMILES string of the molecule is CCCOc1cccc2c(N3C[C@@H](C(F)(F)F)[C@H](C(=O)O)C3)ccnc12. The second-order valence-electron chi connectivity index (χ2n) is 6.33. The Morgan fingerprint density at radius 1 is 1.35 bits per heavy atom. The zero-order valence-electron chi connectivity index (χ0n) is 14.2. The zero-order valence-corrected chi connectivity index (χ0v) is 14.2. The van der Waals surface area contributed by atoms with E-state index >= 15 is 0 Å². The number of aliphatic carboxylic acids is 1. The van der Waals surface area contributed by atoms with E-state index < -0.39 is 24.0 Å². The van der Waals surface area contributed by atoms with Crippen LogP contribution in [0.1, 0.15) is 13.3 Å². The summed E-state index contributed by atoms with van der Waals surface area (Å²) >= 11 is 0. The largest absolute Gasteiger partial charge is 0.491 e. The van der Waals surface area contributed by atoms with Crippen molar-refractivity contribution in [2.75, 3.05) is 24.6 Å². The Labute approximate surface area is 148 Å². The van der Waals surface area contributed by atoms with E-state index in [1.807, 2.05) is 6.92 Å². The molecular weight excluding hydrogens is 349 g/mol. The number of hydrogen-bond donors (Lipinski definition) is 1. The molecule has 8 heteroatoms. The molecule has 1 aromatic heterocycles. The third-order valence-electron chi connectivity index (χ3n) is 4.57. The first-order valence-electron chi connectivity index (χ1n) is 8.38. The van der Waals surface area contributed by atoms with Crippen molar-refractivity contribution in [1.82, 2.24) is 4.98 Å². The second-order valence-corrected chi connectivity index (χ2v) is 6.33. The maximum Gasteiger partial charge on any atom is 0.394 e. The number of carboxylic acid groups (broad SMARTS) is 1. The summed E-state index contributed by atoms with van der Waals surface area (Å²) in [4.78, 5) is 17.1. The van der Waals surface area contributed by atoms with Gasteiger partial charge in [0.25, 0.3) is 0 Å². The molecule has 2 heterocycles. The Kier molecular flexibility index (Phi) is 4.93. The highest BCUT2D eigenvalue weighted by Gasteiger charge is 2.52. The Hall–Kier alpha value is -2.51. The Morgan fingerprint density at radius 2 is 2.12 bits per heavy atom. The number of alkyl halides is 3. The average molecular weight is 368 g/mol. The van der Waals surface area contributed by atoms with E-state index in [0.29, 0.717) is 28.9 Å². The van der Waals surface area contributed by atoms with Gasteiger partial charge in [0, 0.05) is 30.4 Å². The highest BCUT2D eigenvalue weighted by atomic mass is 19.4. The van der Waals surface area contributed by atoms with Gasteiger partial charge in [-0.2, -0.15) is 13.2 Å². The van der Waals surface area contributed by atoms with Crippen LogP contribution in [0.2, 0.25) is 0 Å². The molecule has 0 aliphatic carbocycles. The quantitative estimate of drug-likeness (QED) is 0.871. The maximum absolute atomic E-state index is 13.3. The minimum Gasteiger partial charge on any atom is -0.491 e. The molecule has 26 heavy (non-hydrogen) atoms. The summed E-state index contributed by atoms with van der Waals surface area (Å²) in [5, 5.41) is 9.85. The third-order valence-corrected chi connectivity index (χ3v) is 4.57. The predicted octanol–water partition coefficient (Wildman–Crippen LogP) is 3.72. The summed E-state index contributed by atoms with van der Waals surface area (Å²) in [5.41, 5.74) is 1.09. The number of hydrogen-bond acceptors (Lipinski definition) is 4. The molecule has 1 aromatic carbocycles. The highest BCUT2D eigenvalue weighted by molar-refractivity contribution is 5.95. The number of benzene rings is 1. The van der Waals surface area contributed by atoms with Crippen molar-refractivity contribution in [2.24, 2.45) is 11.8 Å². The molecule has 0 unspecified atom stereocenters. The van der Waals surface area contributed by atoms with Crippen LogP contribution in [-0.4, -0.2) is 41.9 Å². The summed E-state index contributed by atoms with van der Waals surface area (Å²) in [6.45, 7) is 1.89. The number of carbonyl (C=O) groups is 1. The minimum atomic E-state index is -4.56. The standard InChI is InChI=1S/C18H19F3N2O3/c1-2-8-26-15-5-3-4-11-14(6-7-22-16(11)15)23-9-12(17(24)25)13(10-23)18(19,20)21/h3-7,12-13H,2,8-10H2,1H3,(H,24,25)/t12-,13-/m1/s1. The molecular formula is C18H19F3N2O3. The van der Waals surface area contributed by atoms with Gasteiger partial charge in [-0.05, 0) is 18.6 Å². The van der Waals surface area contributed by atoms with Crippen molar-refractivity contribution in [3.8, 4) is 5.75 Å². The summed E-state index contributed by atoms with van der Waals surface area (Å²) in [6, 6.07) is 6.89. The summed E-state index contributed by atoms with van der Waals surface area (Å²) in [7, 11) is 0. The van der Waals surface area contributed by atoms with Crippen molar-refractivity contribution in [2.45, 2.75) is 19.5 Å². The van der Waals surface area contributed by atoms with E-state index in [4.69, 9.17) is 4.74 Å². The van der Waals surface area contributed by atoms with Gasteiger partial charge in [0.1, 0.15) is 11.3 Å². The van der Waals surface area contributed by atoms with Crippen LogP contribution in [0.4, 0.5) is 18.9 Å². The Morgan fingerprint density at radius 3 is 2.73 bits per heavy atom. The number of para-hydroxylation sites is 1. The molecule has 5 nitrogen and oxygen atoms in total. The summed E-state index contributed by atoms with van der Waals surface area (Å²) in [6.07, 6.45) is -2.24. The van der Waals surface area contributed by atoms with Gasteiger partial charge in [0.05, 0.1) is 18.4 Å². The van der Waals surface area contributed by atoms with Crippen LogP contribution in [0.5, 0.6) is 5.75 Å². The van der Waals surface area contributed by atoms with Gasteiger partial charge in [-0.1, -0.05) is 19.1 Å². The van der Waals surface area contributed by atoms with Crippen molar-refractivity contribution >= 4 is 22.6 Å². The number of rotatable bonds is 5. The number of nitrogens with zero attached hydrogens (tertiary/aromatic N) is 2. The van der Waals surface area contributed by atoms with Crippen molar-refractivity contribution < 1.29 is 27.8 Å². The second kappa shape index (κ2) is 7.01. The van der Waals surface area contributed by atoms with Gasteiger partial charge >= 0.3 is 12.1 Å². The van der Waals surface area contributed by atoms with Gasteiger partial charge in [0.15, 0.2) is 0 Å². The molecule has 140 valence electrons. The lowest BCUT2D eigenvalue weighted by atomic mass is 9.96. The molecule has 0 amide bonds. The van der Waals surface area contributed by atoms with Crippen LogP contribution in [0.25, 0.3) is 10.9 Å². The molecule has 3 rings (SSSR count). The normalized spacial score (nSPS) is 20.5. The smallest absolute Gasteiger partial charge is 0.394 e. The fraction of sp³-hybridized carbons (Fsp3) is 0.444. The van der Waals surface area contributed by atoms with Crippen LogP contribution in [0, 0.1) is 11.8 Å². The minimum absolute atomic E-state index is 0.196. The van der Waals surface area contributed by atoms with E-state index in [0.717, 1.165) is 6.42 Å². The highest BCUT2D eigenvalue weighted by Crippen LogP contribution is 2.41. The zero-order chi connectivity index (χ0) is 18.9. The van der Waals surface area contributed by atoms with Gasteiger partial charge in [-0.15, -0.1) is 0 Å². The number of carboxylic acids is 1. The lowest BCUT2D eigenvalue weighted by Crippen LogP contribution is -2.33. The van der Waals surface area contributed by atoms with E-state index in [1.165, 1.54) is 11.1 Å². The van der Waals surface area contributed by atoms with E-state index in [-0.39, 0.29) is 13.1 Å². The van der Waals surface area contributed by atoms with Gasteiger partial charge < -0.3 is 14.7 Å². The number of pyridine rings is 1. The molecule has 1 saturated heterocycles. The first-order valence-corrected chi connectivity index (χ1v) is 8.38. The number of fused-ring (bicyclic) bond motifs is 1. The van der Waals surface area contributed by atoms with Gasteiger partial charge in [-0.25, -0.2) is 0 Å². The number of ether oxygens (including phenoxy) is 1. The first kappa shape index (κ1) is 18.3. The van der Waals surface area contributed by atoms with E-state index in [2.05, 4.69) is 4.98 Å². The summed E-state index contributed by atoms with van der Waals surface area (Å²) in [5.74, 6) is -4.26. The molecule has 0 spiro atoms. The molecule has 0 bridgehead atoms. The van der Waals surface area contributed by atoms with Crippen molar-refractivity contribution in [3.05, 3.63) is 30.5 Å². The van der Waals surface area contributed by atoms with Gasteiger partial charge in [0.2, 0.25) is 0 Å². The van der Waals surface area contributed by atoms with E-state index in [1.54, 1.807) is 24.3 Å². The number of halogens is 3. The molecule has 1 fully saturated rings. The fourth-order valence-electron chi connectivity index (χ4n) is 3.32. The third kappa shape index (κ3) is 3.40. The van der Waals surface area contributed by atoms with Crippen LogP contribution in [0.15, 0.2) is 30.5 Å². The molecule has 1 aliphatic rings. The monoisotopic (exact) mass is 368 g/mol. The molecule has 2 aromatic rings. The molecule has 1 aliphatic heterocycles. The lowest BCUT2D eigenvalue weighted by Gasteiger charge is -2.21. The molecule has 0 saturated carbocycles.